The molecule has 0 unspecified atom stereocenters. The zero-order valence-electron chi connectivity index (χ0n) is 29.1. The van der Waals surface area contributed by atoms with Crippen molar-refractivity contribution >= 4 is 0 Å². The molecule has 37 heavy (non-hydrogen) atoms. The van der Waals surface area contributed by atoms with Crippen LogP contribution >= 0.6 is 0 Å². The minimum Gasteiger partial charge on any atom is -0.398 e. The van der Waals surface area contributed by atoms with Crippen LogP contribution in [0.3, 0.4) is 0 Å². The first-order valence-electron chi connectivity index (χ1n) is 15.6. The highest BCUT2D eigenvalue weighted by Gasteiger charge is 1.97. The second-order valence-electron chi connectivity index (χ2n) is 10.8. The van der Waals surface area contributed by atoms with Crippen molar-refractivity contribution < 1.29 is 0 Å². The Hall–Kier alpha value is -1.24. The first kappa shape index (κ1) is 48.8. The maximum absolute atomic E-state index is 5.68. The van der Waals surface area contributed by atoms with E-state index in [4.69, 9.17) is 5.73 Å². The highest BCUT2D eigenvalue weighted by molar-refractivity contribution is 5.37. The van der Waals surface area contributed by atoms with Crippen LogP contribution in [0.2, 0.25) is 0 Å². The molecule has 0 aliphatic carbocycles. The maximum atomic E-state index is 5.68. The molecular weight excluding hydrogens is 446 g/mol. The molecule has 0 aromatic rings. The summed E-state index contributed by atoms with van der Waals surface area (Å²) in [6.45, 7) is 43.2. The van der Waals surface area contributed by atoms with Crippen LogP contribution in [-0.2, 0) is 0 Å². The molecule has 0 aliphatic rings. The van der Waals surface area contributed by atoms with Gasteiger partial charge in [-0.05, 0) is 63.5 Å². The van der Waals surface area contributed by atoms with Gasteiger partial charge < -0.3 is 5.73 Å². The molecule has 0 bridgehead atoms. The Morgan fingerprint density at radius 3 is 1.05 bits per heavy atom. The number of allylic oxidation sites excluding steroid dienone is 4. The van der Waals surface area contributed by atoms with Gasteiger partial charge in [-0.1, -0.05) is 158 Å². The van der Waals surface area contributed by atoms with Crippen molar-refractivity contribution in [1.82, 2.24) is 0 Å². The average Bonchev–Trinajstić information content (AvgIpc) is 2.82. The molecule has 0 fully saturated rings. The van der Waals surface area contributed by atoms with Crippen LogP contribution < -0.4 is 5.73 Å². The van der Waals surface area contributed by atoms with Crippen molar-refractivity contribution in [2.45, 2.75) is 174 Å². The van der Waals surface area contributed by atoms with Crippen molar-refractivity contribution in [3.05, 3.63) is 47.7 Å². The van der Waals surface area contributed by atoms with Gasteiger partial charge >= 0.3 is 0 Å². The van der Waals surface area contributed by atoms with Gasteiger partial charge in [-0.3, -0.25) is 0 Å². The predicted octanol–water partition coefficient (Wildman–Crippen LogP) is 13.6. The zero-order valence-corrected chi connectivity index (χ0v) is 29.1. The number of rotatable bonds is 12. The Balaban J connectivity index is -0.0000000818. The molecule has 0 saturated carbocycles. The lowest BCUT2D eigenvalue weighted by atomic mass is 10.0. The highest BCUT2D eigenvalue weighted by Crippen LogP contribution is 2.12. The molecule has 0 heterocycles. The van der Waals surface area contributed by atoms with Crippen LogP contribution in [0.25, 0.3) is 0 Å². The van der Waals surface area contributed by atoms with Gasteiger partial charge in [-0.2, -0.15) is 0 Å². The van der Waals surface area contributed by atoms with Crippen molar-refractivity contribution in [2.75, 3.05) is 0 Å². The van der Waals surface area contributed by atoms with Crippen molar-refractivity contribution in [3.8, 4) is 0 Å². The molecule has 1 nitrogen and oxygen atoms in total. The third-order valence-corrected chi connectivity index (χ3v) is 4.98. The van der Waals surface area contributed by atoms with E-state index in [0.717, 1.165) is 34.3 Å². The molecule has 0 aromatic heterocycles. The van der Waals surface area contributed by atoms with Gasteiger partial charge in [0.15, 0.2) is 0 Å². The summed E-state index contributed by atoms with van der Waals surface area (Å²) in [6, 6.07) is 0. The Bertz CT molecular complexity index is 458. The number of hydrogen-bond acceptors (Lipinski definition) is 1. The van der Waals surface area contributed by atoms with E-state index in [0.29, 0.717) is 0 Å². The van der Waals surface area contributed by atoms with Gasteiger partial charge in [0, 0.05) is 5.70 Å². The first-order valence-corrected chi connectivity index (χ1v) is 15.6. The third-order valence-electron chi connectivity index (χ3n) is 4.98. The van der Waals surface area contributed by atoms with Crippen LogP contribution in [0.4, 0.5) is 0 Å². The summed E-state index contributed by atoms with van der Waals surface area (Å²) in [5.74, 6) is 1.80. The molecule has 0 atom stereocenters. The van der Waals surface area contributed by atoms with Gasteiger partial charge in [-0.15, -0.1) is 6.58 Å². The fraction of sp³-hybridized carbons (Fsp3) is 0.778. The molecular formula is C36H77N. The summed E-state index contributed by atoms with van der Waals surface area (Å²) >= 11 is 0. The van der Waals surface area contributed by atoms with Crippen LogP contribution in [-0.4, -0.2) is 0 Å². The Morgan fingerprint density at radius 1 is 0.595 bits per heavy atom. The van der Waals surface area contributed by atoms with E-state index in [-0.39, 0.29) is 0 Å². The van der Waals surface area contributed by atoms with E-state index in [1.165, 1.54) is 76.2 Å². The molecule has 0 saturated heterocycles. The zero-order chi connectivity index (χ0) is 30.8. The second-order valence-corrected chi connectivity index (χ2v) is 10.8. The summed E-state index contributed by atoms with van der Waals surface area (Å²) in [6.07, 6.45) is 14.8. The Labute approximate surface area is 239 Å². The number of hydrogen-bond donors (Lipinski definition) is 1. The lowest BCUT2D eigenvalue weighted by molar-refractivity contribution is 0.480. The normalized spacial score (nSPS) is 9.86. The standard InChI is InChI=1S/C9H15N.C8H18.C7H14.C6H14.C4H10.C2H6/c1-6(2)8(5)9(10)7(3)4;1-4-6-8(3)7-5-2;1-4-5-6-7(2)3;1-3-5-6-4-2;1-4(2)3;1-2/h1,3,10H2,2,4-5H3;8H,4-7H2,1-3H3;2,4-6H2,1,3H3;3-6H2,1-2H3;4H,1-3H3;1-2H3/b9-8+;;;;;. The Kier molecular flexibility index (Phi) is 55.2. The fourth-order valence-corrected chi connectivity index (χ4v) is 2.66. The van der Waals surface area contributed by atoms with Gasteiger partial charge in [0.2, 0.25) is 0 Å². The molecule has 226 valence electrons. The largest absolute Gasteiger partial charge is 0.398 e. The van der Waals surface area contributed by atoms with E-state index >= 15 is 0 Å². The SMILES string of the molecule is C=C(C)/C(C)=C(/N)C(=C)C.C=C(C)CCCC.CC.CC(C)C.CCCC(C)CCC.CCCCCC. The van der Waals surface area contributed by atoms with Crippen LogP contribution in [0, 0.1) is 11.8 Å². The molecule has 1 heteroatoms. The van der Waals surface area contributed by atoms with E-state index < -0.39 is 0 Å². The van der Waals surface area contributed by atoms with Gasteiger partial charge in [0.25, 0.3) is 0 Å². The van der Waals surface area contributed by atoms with Gasteiger partial charge in [0.05, 0.1) is 0 Å². The average molecular weight is 524 g/mol. The van der Waals surface area contributed by atoms with Crippen LogP contribution in [0.5, 0.6) is 0 Å². The smallest absolute Gasteiger partial charge is 0.0369 e. The van der Waals surface area contributed by atoms with E-state index in [9.17, 15) is 0 Å². The topological polar surface area (TPSA) is 26.0 Å². The molecule has 0 radical (unpaired) electrons. The molecule has 0 aromatic carbocycles. The van der Waals surface area contributed by atoms with Gasteiger partial charge in [-0.25, -0.2) is 0 Å². The van der Waals surface area contributed by atoms with E-state index in [2.05, 4.69) is 89.0 Å². The molecule has 0 aliphatic heterocycles. The van der Waals surface area contributed by atoms with E-state index in [1.807, 2.05) is 34.6 Å². The third kappa shape index (κ3) is 66.1. The van der Waals surface area contributed by atoms with Crippen molar-refractivity contribution in [3.63, 3.8) is 0 Å². The monoisotopic (exact) mass is 524 g/mol. The van der Waals surface area contributed by atoms with Crippen LogP contribution in [0.1, 0.15) is 174 Å². The van der Waals surface area contributed by atoms with Gasteiger partial charge in [0.1, 0.15) is 0 Å². The molecule has 2 N–H and O–H groups in total. The van der Waals surface area contributed by atoms with Crippen molar-refractivity contribution in [1.29, 1.82) is 0 Å². The minimum atomic E-state index is 0.757. The van der Waals surface area contributed by atoms with Crippen molar-refractivity contribution in [2.24, 2.45) is 17.6 Å². The second kappa shape index (κ2) is 41.9. The lowest BCUT2D eigenvalue weighted by Crippen LogP contribution is -2.01. The fourth-order valence-electron chi connectivity index (χ4n) is 2.66. The van der Waals surface area contributed by atoms with Crippen LogP contribution in [0.15, 0.2) is 47.7 Å². The highest BCUT2D eigenvalue weighted by atomic mass is 14.6. The summed E-state index contributed by atoms with van der Waals surface area (Å²) in [4.78, 5) is 0. The lowest BCUT2D eigenvalue weighted by Gasteiger charge is -2.05. The Morgan fingerprint density at radius 2 is 0.919 bits per heavy atom. The minimum absolute atomic E-state index is 0.757. The maximum Gasteiger partial charge on any atom is 0.0369 e. The quantitative estimate of drug-likeness (QED) is 0.154. The summed E-state index contributed by atoms with van der Waals surface area (Å²) in [5.41, 5.74) is 10.7. The summed E-state index contributed by atoms with van der Waals surface area (Å²) < 4.78 is 0. The number of nitrogens with two attached hydrogens (primary N) is 1. The number of unbranched alkanes of at least 4 members (excludes halogenated alkanes) is 4. The predicted molar refractivity (Wildman–Crippen MR) is 182 cm³/mol. The molecule has 0 rings (SSSR count). The summed E-state index contributed by atoms with van der Waals surface area (Å²) in [7, 11) is 0. The molecule has 0 spiro atoms. The summed E-state index contributed by atoms with van der Waals surface area (Å²) in [5, 5.41) is 0. The first-order chi connectivity index (χ1) is 17.2. The van der Waals surface area contributed by atoms with E-state index in [1.54, 1.807) is 0 Å². The molecule has 0 amide bonds.